The standard InChI is InChI=1S/C24H17N3O7/c1-15-12-18(6-11-22(15)27(31)32)23-25-21(24(28)34-23)13-16-4-9-20(10-5-16)33-14-17-2-7-19(8-3-17)26(29)30/h2-13H,14H2,1H3/b21-13-. The number of nitrogens with zero attached hydrogens (tertiary/aromatic N) is 3. The number of hydrogen-bond donors (Lipinski definition) is 0. The first kappa shape index (κ1) is 22.3. The minimum Gasteiger partial charge on any atom is -0.489 e. The molecule has 0 fully saturated rings. The van der Waals surface area contributed by atoms with Crippen molar-refractivity contribution in [3.63, 3.8) is 0 Å². The molecule has 0 N–H and O–H groups in total. The van der Waals surface area contributed by atoms with Crippen LogP contribution in [0, 0.1) is 27.2 Å². The lowest BCUT2D eigenvalue weighted by atomic mass is 10.1. The average molecular weight is 459 g/mol. The molecule has 1 aliphatic rings. The topological polar surface area (TPSA) is 134 Å². The zero-order chi connectivity index (χ0) is 24.2. The highest BCUT2D eigenvalue weighted by molar-refractivity contribution is 6.13. The van der Waals surface area contributed by atoms with Crippen LogP contribution in [0.1, 0.15) is 22.3 Å². The third kappa shape index (κ3) is 4.96. The van der Waals surface area contributed by atoms with Gasteiger partial charge < -0.3 is 9.47 Å². The van der Waals surface area contributed by atoms with Crippen LogP contribution in [-0.4, -0.2) is 21.7 Å². The maximum Gasteiger partial charge on any atom is 0.363 e. The molecule has 0 saturated carbocycles. The highest BCUT2D eigenvalue weighted by Gasteiger charge is 2.25. The summed E-state index contributed by atoms with van der Waals surface area (Å²) in [6.45, 7) is 1.84. The first-order valence-corrected chi connectivity index (χ1v) is 10.0. The smallest absolute Gasteiger partial charge is 0.363 e. The summed E-state index contributed by atoms with van der Waals surface area (Å²) in [5.74, 6) is 0.0434. The van der Waals surface area contributed by atoms with E-state index in [1.165, 1.54) is 24.3 Å². The van der Waals surface area contributed by atoms with Crippen molar-refractivity contribution in [2.75, 3.05) is 0 Å². The van der Waals surface area contributed by atoms with E-state index in [1.807, 2.05) is 0 Å². The molecule has 3 aromatic carbocycles. The number of ether oxygens (including phenoxy) is 2. The van der Waals surface area contributed by atoms with Crippen molar-refractivity contribution >= 4 is 29.3 Å². The Morgan fingerprint density at radius 1 is 0.971 bits per heavy atom. The molecule has 0 amide bonds. The van der Waals surface area contributed by atoms with Crippen LogP contribution in [0.4, 0.5) is 11.4 Å². The molecule has 1 heterocycles. The third-order valence-corrected chi connectivity index (χ3v) is 5.00. The van der Waals surface area contributed by atoms with Crippen LogP contribution in [0.25, 0.3) is 6.08 Å². The van der Waals surface area contributed by atoms with E-state index in [0.717, 1.165) is 5.56 Å². The van der Waals surface area contributed by atoms with E-state index >= 15 is 0 Å². The van der Waals surface area contributed by atoms with E-state index in [0.29, 0.717) is 22.4 Å². The number of esters is 1. The van der Waals surface area contributed by atoms with E-state index in [1.54, 1.807) is 55.5 Å². The quantitative estimate of drug-likeness (QED) is 0.216. The van der Waals surface area contributed by atoms with Crippen LogP contribution in [0.3, 0.4) is 0 Å². The number of cyclic esters (lactones) is 1. The van der Waals surface area contributed by atoms with Crippen molar-refractivity contribution < 1.29 is 24.1 Å². The van der Waals surface area contributed by atoms with Crippen LogP contribution in [0.15, 0.2) is 77.4 Å². The van der Waals surface area contributed by atoms with Crippen molar-refractivity contribution in [3.8, 4) is 5.75 Å². The molecule has 0 radical (unpaired) electrons. The van der Waals surface area contributed by atoms with Crippen LogP contribution in [0.2, 0.25) is 0 Å². The number of aryl methyl sites for hydroxylation is 1. The van der Waals surface area contributed by atoms with Gasteiger partial charge in [-0.1, -0.05) is 12.1 Å². The van der Waals surface area contributed by atoms with Crippen LogP contribution in [0.5, 0.6) is 5.75 Å². The monoisotopic (exact) mass is 459 g/mol. The van der Waals surface area contributed by atoms with Gasteiger partial charge in [0.05, 0.1) is 9.85 Å². The van der Waals surface area contributed by atoms with E-state index in [4.69, 9.17) is 9.47 Å². The van der Waals surface area contributed by atoms with Crippen molar-refractivity contribution in [1.82, 2.24) is 0 Å². The van der Waals surface area contributed by atoms with Crippen molar-refractivity contribution in [1.29, 1.82) is 0 Å². The molecule has 0 atom stereocenters. The lowest BCUT2D eigenvalue weighted by Gasteiger charge is -2.06. The Morgan fingerprint density at radius 3 is 2.29 bits per heavy atom. The largest absolute Gasteiger partial charge is 0.489 e. The van der Waals surface area contributed by atoms with Gasteiger partial charge in [-0.05, 0) is 60.5 Å². The van der Waals surface area contributed by atoms with Gasteiger partial charge in [0, 0.05) is 29.3 Å². The molecule has 0 unspecified atom stereocenters. The number of benzene rings is 3. The van der Waals surface area contributed by atoms with Gasteiger partial charge in [-0.3, -0.25) is 20.2 Å². The maximum absolute atomic E-state index is 12.2. The Bertz CT molecular complexity index is 1340. The van der Waals surface area contributed by atoms with Gasteiger partial charge in [0.2, 0.25) is 5.90 Å². The number of aliphatic imine (C=N–C) groups is 1. The number of hydrogen-bond acceptors (Lipinski definition) is 8. The van der Waals surface area contributed by atoms with Gasteiger partial charge in [0.1, 0.15) is 12.4 Å². The SMILES string of the molecule is Cc1cc(C2=N/C(=C\c3ccc(OCc4ccc([N+](=O)[O-])cc4)cc3)C(=O)O2)ccc1[N+](=O)[O-]. The second-order valence-corrected chi connectivity index (χ2v) is 7.38. The molecule has 0 spiro atoms. The lowest BCUT2D eigenvalue weighted by Crippen LogP contribution is -2.06. The molecule has 170 valence electrons. The highest BCUT2D eigenvalue weighted by Crippen LogP contribution is 2.24. The summed E-state index contributed by atoms with van der Waals surface area (Å²) in [4.78, 5) is 37.2. The van der Waals surface area contributed by atoms with Crippen molar-refractivity contribution in [2.45, 2.75) is 13.5 Å². The summed E-state index contributed by atoms with van der Waals surface area (Å²) < 4.78 is 10.9. The minimum absolute atomic E-state index is 0.0149. The molecule has 0 aromatic heterocycles. The van der Waals surface area contributed by atoms with Crippen molar-refractivity contribution in [2.24, 2.45) is 4.99 Å². The third-order valence-electron chi connectivity index (χ3n) is 5.00. The molecule has 3 aromatic rings. The number of non-ortho nitro benzene ring substituents is 1. The Balaban J connectivity index is 1.44. The second-order valence-electron chi connectivity index (χ2n) is 7.38. The number of carbonyl (C=O) groups excluding carboxylic acids is 1. The van der Waals surface area contributed by atoms with E-state index in [2.05, 4.69) is 4.99 Å². The zero-order valence-electron chi connectivity index (χ0n) is 17.8. The molecule has 1 aliphatic heterocycles. The molecular weight excluding hydrogens is 442 g/mol. The van der Waals surface area contributed by atoms with Crippen LogP contribution in [-0.2, 0) is 16.1 Å². The zero-order valence-corrected chi connectivity index (χ0v) is 17.8. The predicted octanol–water partition coefficient (Wildman–Crippen LogP) is 4.73. The van der Waals surface area contributed by atoms with Gasteiger partial charge in [-0.25, -0.2) is 9.79 Å². The molecule has 0 saturated heterocycles. The molecule has 0 aliphatic carbocycles. The summed E-state index contributed by atoms with van der Waals surface area (Å²) >= 11 is 0. The fraction of sp³-hybridized carbons (Fsp3) is 0.0833. The summed E-state index contributed by atoms with van der Waals surface area (Å²) in [7, 11) is 0. The Hall–Kier alpha value is -4.86. The second kappa shape index (κ2) is 9.33. The lowest BCUT2D eigenvalue weighted by molar-refractivity contribution is -0.385. The molecule has 4 rings (SSSR count). The van der Waals surface area contributed by atoms with Gasteiger partial charge >= 0.3 is 5.97 Å². The average Bonchev–Trinajstić information content (AvgIpc) is 3.18. The number of rotatable bonds is 7. The van der Waals surface area contributed by atoms with Crippen molar-refractivity contribution in [3.05, 3.63) is 115 Å². The summed E-state index contributed by atoms with van der Waals surface area (Å²) in [6.07, 6.45) is 1.56. The summed E-state index contributed by atoms with van der Waals surface area (Å²) in [5, 5.41) is 21.7. The summed E-state index contributed by atoms with van der Waals surface area (Å²) in [6, 6.07) is 17.4. The van der Waals surface area contributed by atoms with Gasteiger partial charge in [0.15, 0.2) is 5.70 Å². The first-order chi connectivity index (χ1) is 16.3. The normalized spacial score (nSPS) is 14.0. The molecular formula is C24H17N3O7. The fourth-order valence-corrected chi connectivity index (χ4v) is 3.22. The van der Waals surface area contributed by atoms with Crippen LogP contribution >= 0.6 is 0 Å². The molecule has 10 nitrogen and oxygen atoms in total. The molecule has 10 heteroatoms. The summed E-state index contributed by atoms with van der Waals surface area (Å²) in [5.41, 5.74) is 2.47. The Kier molecular flexibility index (Phi) is 6.13. The first-order valence-electron chi connectivity index (χ1n) is 10.0. The van der Waals surface area contributed by atoms with Crippen LogP contribution < -0.4 is 4.74 Å². The number of carbonyl (C=O) groups is 1. The fourth-order valence-electron chi connectivity index (χ4n) is 3.22. The number of nitro benzene ring substituents is 2. The highest BCUT2D eigenvalue weighted by atomic mass is 16.6. The predicted molar refractivity (Wildman–Crippen MR) is 122 cm³/mol. The molecule has 34 heavy (non-hydrogen) atoms. The Morgan fingerprint density at radius 2 is 1.68 bits per heavy atom. The van der Waals surface area contributed by atoms with E-state index in [-0.39, 0.29) is 29.6 Å². The van der Waals surface area contributed by atoms with E-state index < -0.39 is 15.8 Å². The Labute approximate surface area is 193 Å². The number of nitro groups is 2. The van der Waals surface area contributed by atoms with E-state index in [9.17, 15) is 25.0 Å². The maximum atomic E-state index is 12.2. The molecule has 0 bridgehead atoms. The van der Waals surface area contributed by atoms with Gasteiger partial charge in [-0.2, -0.15) is 0 Å². The minimum atomic E-state index is -0.621. The van der Waals surface area contributed by atoms with Gasteiger partial charge in [-0.15, -0.1) is 0 Å². The van der Waals surface area contributed by atoms with Gasteiger partial charge in [0.25, 0.3) is 11.4 Å².